The lowest BCUT2D eigenvalue weighted by molar-refractivity contribution is -0.870. The maximum atomic E-state index is 12.8. The number of rotatable bonds is 56. The molecule has 0 fully saturated rings. The number of phosphoric ester groups is 1. The normalized spacial score (nSPS) is 14.1. The minimum atomic E-state index is -4.65. The Balaban J connectivity index is 4.15. The molecule has 0 saturated carbocycles. The third kappa shape index (κ3) is 61.6. The van der Waals surface area contributed by atoms with Crippen LogP contribution in [0.25, 0.3) is 0 Å². The Kier molecular flexibility index (Phi) is 55.4. The maximum absolute atomic E-state index is 12.8. The third-order valence-electron chi connectivity index (χ3n) is 13.0. The number of quaternary nitrogens is 1. The molecule has 0 aromatic heterocycles. The number of ether oxygens (including phenoxy) is 2. The topological polar surface area (TPSA) is 111 Å². The zero-order chi connectivity index (χ0) is 57.0. The molecule has 0 heterocycles. The van der Waals surface area contributed by atoms with Gasteiger partial charge in [0, 0.05) is 12.8 Å². The van der Waals surface area contributed by atoms with Crippen molar-refractivity contribution in [3.05, 3.63) is 122 Å². The minimum Gasteiger partial charge on any atom is -0.756 e. The maximum Gasteiger partial charge on any atom is 0.306 e. The Hall–Kier alpha value is -3.59. The van der Waals surface area contributed by atoms with Crippen molar-refractivity contribution in [2.24, 2.45) is 0 Å². The van der Waals surface area contributed by atoms with Crippen LogP contribution in [-0.4, -0.2) is 70.0 Å². The molecule has 2 unspecified atom stereocenters. The van der Waals surface area contributed by atoms with Gasteiger partial charge in [-0.2, -0.15) is 0 Å². The van der Waals surface area contributed by atoms with Crippen molar-refractivity contribution in [2.75, 3.05) is 47.5 Å². The summed E-state index contributed by atoms with van der Waals surface area (Å²) in [6.45, 7) is 4.01. The van der Waals surface area contributed by atoms with Gasteiger partial charge in [-0.3, -0.25) is 14.2 Å². The molecular weight excluding hydrogens is 990 g/mol. The van der Waals surface area contributed by atoms with Crippen molar-refractivity contribution in [1.29, 1.82) is 0 Å². The van der Waals surface area contributed by atoms with Crippen molar-refractivity contribution < 1.29 is 42.1 Å². The minimum absolute atomic E-state index is 0.0376. The van der Waals surface area contributed by atoms with E-state index < -0.39 is 32.5 Å². The van der Waals surface area contributed by atoms with Crippen LogP contribution in [0.15, 0.2) is 122 Å². The summed E-state index contributed by atoms with van der Waals surface area (Å²) in [5.41, 5.74) is 0. The molecule has 0 N–H and O–H groups in total. The third-order valence-corrected chi connectivity index (χ3v) is 13.9. The van der Waals surface area contributed by atoms with Crippen LogP contribution in [0.3, 0.4) is 0 Å². The van der Waals surface area contributed by atoms with Crippen LogP contribution in [0.2, 0.25) is 0 Å². The summed E-state index contributed by atoms with van der Waals surface area (Å²) in [5, 5.41) is 0. The second-order valence-electron chi connectivity index (χ2n) is 21.7. The highest BCUT2D eigenvalue weighted by molar-refractivity contribution is 7.45. The van der Waals surface area contributed by atoms with E-state index in [4.69, 9.17) is 18.5 Å². The lowest BCUT2D eigenvalue weighted by Crippen LogP contribution is -2.37. The molecular formula is C68H116NO8P. The number of carbonyl (C=O) groups excluding carboxylic acids is 2. The molecule has 0 saturated heterocycles. The van der Waals surface area contributed by atoms with E-state index in [1.807, 2.05) is 21.1 Å². The number of nitrogens with zero attached hydrogens (tertiary/aromatic N) is 1. The fourth-order valence-corrected chi connectivity index (χ4v) is 8.97. The molecule has 446 valence electrons. The van der Waals surface area contributed by atoms with Gasteiger partial charge in [0.2, 0.25) is 0 Å². The Morgan fingerprint density at radius 3 is 1.03 bits per heavy atom. The molecule has 0 rings (SSSR count). The molecule has 0 aliphatic carbocycles. The van der Waals surface area contributed by atoms with Gasteiger partial charge in [-0.1, -0.05) is 251 Å². The predicted octanol–water partition coefficient (Wildman–Crippen LogP) is 19.3. The zero-order valence-corrected chi connectivity index (χ0v) is 51.5. The number of hydrogen-bond donors (Lipinski definition) is 0. The van der Waals surface area contributed by atoms with E-state index in [2.05, 4.69) is 135 Å². The standard InChI is InChI=1S/C68H116NO8P/c1-6-8-10-12-14-16-18-20-22-24-26-28-30-32-33-34-35-37-39-41-43-45-47-49-51-53-55-57-59-61-68(71)77-66(65-76-78(72,73)75-63-62-69(3,4)5)64-74-67(70)60-58-56-54-52-50-48-46-44-42-40-38-36-31-29-27-25-23-21-19-17-15-13-11-9-7-2/h8-11,14-17,20-23,26-29,32-33,36,38,66H,6-7,12-13,18-19,24-25,30-31,34-35,37,39-65H2,1-5H3/b10-8-,11-9-,16-14-,17-15-,22-20-,23-21-,28-26-,29-27-,33-32-,38-36-. The molecule has 0 spiro atoms. The summed E-state index contributed by atoms with van der Waals surface area (Å²) < 4.78 is 34.2. The van der Waals surface area contributed by atoms with Gasteiger partial charge in [0.15, 0.2) is 6.10 Å². The SMILES string of the molecule is CC/C=C\C/C=C\C/C=C\C/C=C\C/C=C\CCCCCCCCCCCCCCCC(=O)OC(COC(=O)CCCCCCCCCCC/C=C\C/C=C\C/C=C\C/C=C\C/C=C\CC)COP(=O)([O-])OCC[N+](C)(C)C. The Morgan fingerprint density at radius 2 is 0.692 bits per heavy atom. The highest BCUT2D eigenvalue weighted by Crippen LogP contribution is 2.38. The smallest absolute Gasteiger partial charge is 0.306 e. The van der Waals surface area contributed by atoms with E-state index in [0.29, 0.717) is 17.4 Å². The number of likely N-dealkylation sites (N-methyl/N-ethyl adjacent to an activating group) is 1. The van der Waals surface area contributed by atoms with Crippen molar-refractivity contribution in [1.82, 2.24) is 0 Å². The second kappa shape index (κ2) is 58.1. The lowest BCUT2D eigenvalue weighted by Gasteiger charge is -2.28. The first-order valence-electron chi connectivity index (χ1n) is 31.2. The molecule has 2 atom stereocenters. The van der Waals surface area contributed by atoms with Gasteiger partial charge in [-0.15, -0.1) is 0 Å². The highest BCUT2D eigenvalue weighted by atomic mass is 31.2. The number of carbonyl (C=O) groups is 2. The number of phosphoric acid groups is 1. The van der Waals surface area contributed by atoms with Crippen molar-refractivity contribution in [3.8, 4) is 0 Å². The van der Waals surface area contributed by atoms with Gasteiger partial charge in [0.25, 0.3) is 7.82 Å². The van der Waals surface area contributed by atoms with Crippen LogP contribution in [0.4, 0.5) is 0 Å². The first-order valence-corrected chi connectivity index (χ1v) is 32.7. The summed E-state index contributed by atoms with van der Waals surface area (Å²) in [6, 6.07) is 0. The fourth-order valence-electron chi connectivity index (χ4n) is 8.24. The van der Waals surface area contributed by atoms with Gasteiger partial charge in [0.1, 0.15) is 19.8 Å². The quantitative estimate of drug-likeness (QED) is 0.0195. The van der Waals surface area contributed by atoms with E-state index in [9.17, 15) is 19.0 Å². The lowest BCUT2D eigenvalue weighted by atomic mass is 10.0. The molecule has 0 aliphatic heterocycles. The van der Waals surface area contributed by atoms with Crippen LogP contribution < -0.4 is 4.89 Å². The molecule has 0 aromatic rings. The molecule has 0 amide bonds. The average molecular weight is 1110 g/mol. The molecule has 0 aromatic carbocycles. The first-order chi connectivity index (χ1) is 38.0. The van der Waals surface area contributed by atoms with Gasteiger partial charge >= 0.3 is 11.9 Å². The fraction of sp³-hybridized carbons (Fsp3) is 0.676. The Morgan fingerprint density at radius 1 is 0.397 bits per heavy atom. The van der Waals surface area contributed by atoms with Gasteiger partial charge in [-0.05, 0) is 103 Å². The summed E-state index contributed by atoms with van der Waals surface area (Å²) in [4.78, 5) is 38.0. The van der Waals surface area contributed by atoms with E-state index in [0.717, 1.165) is 116 Å². The molecule has 0 bridgehead atoms. The van der Waals surface area contributed by atoms with Gasteiger partial charge < -0.3 is 27.9 Å². The van der Waals surface area contributed by atoms with Crippen LogP contribution in [-0.2, 0) is 32.7 Å². The van der Waals surface area contributed by atoms with E-state index in [-0.39, 0.29) is 26.1 Å². The number of unbranched alkanes of at least 4 members (excludes halogenated alkanes) is 22. The number of allylic oxidation sites excluding steroid dienone is 20. The Labute approximate surface area is 479 Å². The van der Waals surface area contributed by atoms with E-state index >= 15 is 0 Å². The summed E-state index contributed by atoms with van der Waals surface area (Å²) in [5.74, 6) is -0.845. The van der Waals surface area contributed by atoms with Gasteiger partial charge in [0.05, 0.1) is 27.7 Å². The van der Waals surface area contributed by atoms with Crippen molar-refractivity contribution >= 4 is 19.8 Å². The molecule has 78 heavy (non-hydrogen) atoms. The number of hydrogen-bond acceptors (Lipinski definition) is 8. The van der Waals surface area contributed by atoms with E-state index in [1.165, 1.54) is 96.3 Å². The van der Waals surface area contributed by atoms with Crippen LogP contribution in [0, 0.1) is 0 Å². The predicted molar refractivity (Wildman–Crippen MR) is 332 cm³/mol. The van der Waals surface area contributed by atoms with Crippen molar-refractivity contribution in [3.63, 3.8) is 0 Å². The molecule has 0 radical (unpaired) electrons. The molecule has 10 heteroatoms. The molecule has 9 nitrogen and oxygen atoms in total. The van der Waals surface area contributed by atoms with Crippen LogP contribution in [0.5, 0.6) is 0 Å². The zero-order valence-electron chi connectivity index (χ0n) is 50.6. The van der Waals surface area contributed by atoms with E-state index in [1.54, 1.807) is 0 Å². The number of esters is 2. The van der Waals surface area contributed by atoms with Crippen LogP contribution in [0.1, 0.15) is 245 Å². The molecule has 0 aliphatic rings. The van der Waals surface area contributed by atoms with Crippen molar-refractivity contribution in [2.45, 2.75) is 251 Å². The van der Waals surface area contributed by atoms with Gasteiger partial charge in [-0.25, -0.2) is 0 Å². The summed E-state index contributed by atoms with van der Waals surface area (Å²) in [6.07, 6.45) is 82.4. The summed E-state index contributed by atoms with van der Waals surface area (Å²) in [7, 11) is 1.15. The second-order valence-corrected chi connectivity index (χ2v) is 23.1. The monoisotopic (exact) mass is 1110 g/mol. The van der Waals surface area contributed by atoms with Crippen LogP contribution >= 0.6 is 7.82 Å². The highest BCUT2D eigenvalue weighted by Gasteiger charge is 2.22. The largest absolute Gasteiger partial charge is 0.756 e. The average Bonchev–Trinajstić information content (AvgIpc) is 3.41. The first kappa shape index (κ1) is 74.4. The summed E-state index contributed by atoms with van der Waals surface area (Å²) >= 11 is 0. The Bertz CT molecular complexity index is 1730.